The molecule has 2 N–H and O–H groups in total. The molecule has 1 unspecified atom stereocenters. The Labute approximate surface area is 160 Å². The fourth-order valence-electron chi connectivity index (χ4n) is 3.42. The summed E-state index contributed by atoms with van der Waals surface area (Å²) in [7, 11) is -0.408. The zero-order chi connectivity index (χ0) is 19.5. The molecule has 0 amide bonds. The first-order valence-corrected chi connectivity index (χ1v) is 10.5. The first kappa shape index (κ1) is 19.7. The van der Waals surface area contributed by atoms with Gasteiger partial charge in [0.05, 0.1) is 20.0 Å². The van der Waals surface area contributed by atoms with E-state index in [2.05, 4.69) is 4.72 Å². The zero-order valence-electron chi connectivity index (χ0n) is 15.6. The highest BCUT2D eigenvalue weighted by Gasteiger charge is 2.38. The van der Waals surface area contributed by atoms with Crippen LogP contribution in [0.25, 0.3) is 0 Å². The molecule has 0 saturated heterocycles. The van der Waals surface area contributed by atoms with Gasteiger partial charge in [0.15, 0.2) is 11.5 Å². The van der Waals surface area contributed by atoms with Gasteiger partial charge < -0.3 is 14.6 Å². The summed E-state index contributed by atoms with van der Waals surface area (Å²) in [5, 5.41) is 11.1. The third kappa shape index (κ3) is 4.43. The van der Waals surface area contributed by atoms with Gasteiger partial charge in [-0.1, -0.05) is 30.3 Å². The molecule has 0 radical (unpaired) electrons. The van der Waals surface area contributed by atoms with Crippen LogP contribution in [0.2, 0.25) is 0 Å². The van der Waals surface area contributed by atoms with Crippen molar-refractivity contribution in [2.24, 2.45) is 0 Å². The normalized spacial score (nSPS) is 18.9. The standard InChI is InChI=1S/C20H25NO5S/c1-25-18-12-16-8-10-20(22,17(16)13-19(18)26-2)14-21-27(23,24)11-9-15-6-4-3-5-7-15/h3-7,12-13,21-22H,8-11,14H2,1-2H3. The molecule has 0 aliphatic heterocycles. The van der Waals surface area contributed by atoms with E-state index in [0.717, 1.165) is 11.1 Å². The molecule has 0 bridgehead atoms. The first-order valence-electron chi connectivity index (χ1n) is 8.86. The van der Waals surface area contributed by atoms with Gasteiger partial charge in [-0.15, -0.1) is 0 Å². The number of aliphatic hydroxyl groups is 1. The molecule has 146 valence electrons. The Kier molecular flexibility index (Phi) is 5.74. The molecule has 1 aliphatic rings. The van der Waals surface area contributed by atoms with Crippen molar-refractivity contribution in [3.63, 3.8) is 0 Å². The van der Waals surface area contributed by atoms with Crippen molar-refractivity contribution < 1.29 is 23.0 Å². The number of rotatable bonds is 8. The number of hydrogen-bond acceptors (Lipinski definition) is 5. The molecule has 0 heterocycles. The van der Waals surface area contributed by atoms with Gasteiger partial charge in [0.2, 0.25) is 10.0 Å². The topological polar surface area (TPSA) is 84.9 Å². The predicted octanol–water partition coefficient (Wildman–Crippen LogP) is 2.00. The SMILES string of the molecule is COc1cc2c(cc1OC)C(O)(CNS(=O)(=O)CCc1ccccc1)CC2. The van der Waals surface area contributed by atoms with Crippen molar-refractivity contribution in [3.05, 3.63) is 59.2 Å². The molecule has 3 rings (SSSR count). The highest BCUT2D eigenvalue weighted by Crippen LogP contribution is 2.42. The minimum absolute atomic E-state index is 0.0219. The maximum Gasteiger partial charge on any atom is 0.212 e. The van der Waals surface area contributed by atoms with Crippen LogP contribution in [0.1, 0.15) is 23.1 Å². The Morgan fingerprint density at radius 3 is 2.44 bits per heavy atom. The summed E-state index contributed by atoms with van der Waals surface area (Å²) in [4.78, 5) is 0. The van der Waals surface area contributed by atoms with Crippen molar-refractivity contribution in [2.45, 2.75) is 24.9 Å². The molecule has 2 aromatic carbocycles. The summed E-state index contributed by atoms with van der Waals surface area (Å²) in [5.41, 5.74) is 1.34. The molecule has 1 aliphatic carbocycles. The summed E-state index contributed by atoms with van der Waals surface area (Å²) in [5.74, 6) is 1.10. The molecular formula is C20H25NO5S. The number of methoxy groups -OCH3 is 2. The van der Waals surface area contributed by atoms with Crippen LogP contribution in [0.4, 0.5) is 0 Å². The number of hydrogen-bond donors (Lipinski definition) is 2. The maximum atomic E-state index is 12.4. The summed E-state index contributed by atoms with van der Waals surface area (Å²) in [6, 6.07) is 13.0. The highest BCUT2D eigenvalue weighted by atomic mass is 32.2. The van der Waals surface area contributed by atoms with Gasteiger partial charge in [0, 0.05) is 6.54 Å². The van der Waals surface area contributed by atoms with E-state index in [4.69, 9.17) is 9.47 Å². The number of fused-ring (bicyclic) bond motifs is 1. The first-order chi connectivity index (χ1) is 12.9. The lowest BCUT2D eigenvalue weighted by Gasteiger charge is -2.25. The maximum absolute atomic E-state index is 12.4. The van der Waals surface area contributed by atoms with E-state index in [9.17, 15) is 13.5 Å². The van der Waals surface area contributed by atoms with Crippen LogP contribution in [-0.4, -0.2) is 40.0 Å². The third-order valence-corrected chi connectivity index (χ3v) is 6.33. The molecule has 1 atom stereocenters. The van der Waals surface area contributed by atoms with Crippen molar-refractivity contribution in [1.29, 1.82) is 0 Å². The van der Waals surface area contributed by atoms with Crippen LogP contribution >= 0.6 is 0 Å². The lowest BCUT2D eigenvalue weighted by Crippen LogP contribution is -2.40. The lowest BCUT2D eigenvalue weighted by molar-refractivity contribution is 0.0440. The number of benzene rings is 2. The van der Waals surface area contributed by atoms with Crippen molar-refractivity contribution in [1.82, 2.24) is 4.72 Å². The fourth-order valence-corrected chi connectivity index (χ4v) is 4.53. The van der Waals surface area contributed by atoms with Crippen LogP contribution < -0.4 is 14.2 Å². The number of aryl methyl sites for hydroxylation is 2. The molecular weight excluding hydrogens is 366 g/mol. The largest absolute Gasteiger partial charge is 0.493 e. The van der Waals surface area contributed by atoms with E-state index in [1.54, 1.807) is 13.2 Å². The Morgan fingerprint density at radius 2 is 1.78 bits per heavy atom. The number of nitrogens with one attached hydrogen (secondary N) is 1. The number of ether oxygens (including phenoxy) is 2. The summed E-state index contributed by atoms with van der Waals surface area (Å²) >= 11 is 0. The number of sulfonamides is 1. The van der Waals surface area contributed by atoms with E-state index in [0.29, 0.717) is 36.3 Å². The van der Waals surface area contributed by atoms with E-state index in [-0.39, 0.29) is 12.3 Å². The summed E-state index contributed by atoms with van der Waals surface area (Å²) in [6.45, 7) is -0.0629. The van der Waals surface area contributed by atoms with Gasteiger partial charge in [0.1, 0.15) is 5.60 Å². The van der Waals surface area contributed by atoms with Crippen LogP contribution in [-0.2, 0) is 28.5 Å². The van der Waals surface area contributed by atoms with Crippen molar-refractivity contribution in [3.8, 4) is 11.5 Å². The summed E-state index contributed by atoms with van der Waals surface area (Å²) < 4.78 is 37.9. The quantitative estimate of drug-likeness (QED) is 0.719. The summed E-state index contributed by atoms with van der Waals surface area (Å²) in [6.07, 6.45) is 1.52. The Bertz CT molecular complexity index is 898. The molecule has 0 spiro atoms. The molecule has 7 heteroatoms. The molecule has 27 heavy (non-hydrogen) atoms. The molecule has 0 saturated carbocycles. The second-order valence-corrected chi connectivity index (χ2v) is 8.70. The van der Waals surface area contributed by atoms with Gasteiger partial charge >= 0.3 is 0 Å². The van der Waals surface area contributed by atoms with E-state index >= 15 is 0 Å². The van der Waals surface area contributed by atoms with Gasteiger partial charge in [-0.3, -0.25) is 0 Å². The second-order valence-electron chi connectivity index (χ2n) is 6.77. The lowest BCUT2D eigenvalue weighted by atomic mass is 9.96. The van der Waals surface area contributed by atoms with Crippen LogP contribution in [0.5, 0.6) is 11.5 Å². The average molecular weight is 391 g/mol. The van der Waals surface area contributed by atoms with E-state index < -0.39 is 15.6 Å². The Morgan fingerprint density at radius 1 is 1.11 bits per heavy atom. The van der Waals surface area contributed by atoms with Crippen LogP contribution in [0.15, 0.2) is 42.5 Å². The van der Waals surface area contributed by atoms with Gasteiger partial charge in [-0.05, 0) is 48.1 Å². The minimum atomic E-state index is -3.50. The predicted molar refractivity (Wildman–Crippen MR) is 104 cm³/mol. The van der Waals surface area contributed by atoms with Gasteiger partial charge in [0.25, 0.3) is 0 Å². The minimum Gasteiger partial charge on any atom is -0.493 e. The Hall–Kier alpha value is -2.09. The fraction of sp³-hybridized carbons (Fsp3) is 0.400. The zero-order valence-corrected chi connectivity index (χ0v) is 16.4. The van der Waals surface area contributed by atoms with Gasteiger partial charge in [-0.2, -0.15) is 0 Å². The highest BCUT2D eigenvalue weighted by molar-refractivity contribution is 7.89. The molecule has 0 aromatic heterocycles. The Balaban J connectivity index is 1.69. The smallest absolute Gasteiger partial charge is 0.212 e. The van der Waals surface area contributed by atoms with Crippen molar-refractivity contribution >= 4 is 10.0 Å². The average Bonchev–Trinajstić information content (AvgIpc) is 3.01. The van der Waals surface area contributed by atoms with E-state index in [1.807, 2.05) is 36.4 Å². The van der Waals surface area contributed by atoms with Crippen LogP contribution in [0, 0.1) is 0 Å². The monoisotopic (exact) mass is 391 g/mol. The molecule has 2 aromatic rings. The third-order valence-electron chi connectivity index (χ3n) is 5.01. The molecule has 6 nitrogen and oxygen atoms in total. The van der Waals surface area contributed by atoms with Gasteiger partial charge in [-0.25, -0.2) is 13.1 Å². The molecule has 0 fully saturated rings. The van der Waals surface area contributed by atoms with Crippen LogP contribution in [0.3, 0.4) is 0 Å². The second kappa shape index (κ2) is 7.88. The van der Waals surface area contributed by atoms with E-state index in [1.165, 1.54) is 7.11 Å². The van der Waals surface area contributed by atoms with Crippen molar-refractivity contribution in [2.75, 3.05) is 26.5 Å².